The third-order valence-electron chi connectivity index (χ3n) is 5.80. The van der Waals surface area contributed by atoms with Crippen LogP contribution in [0.25, 0.3) is 0 Å². The highest BCUT2D eigenvalue weighted by Gasteiger charge is 2.23. The molecule has 7 heteroatoms. The van der Waals surface area contributed by atoms with Gasteiger partial charge in [0.05, 0.1) is 20.8 Å². The number of aliphatic imine (C=N–C) groups is 1. The summed E-state index contributed by atoms with van der Waals surface area (Å²) in [5.74, 6) is 2.28. The van der Waals surface area contributed by atoms with Gasteiger partial charge in [-0.1, -0.05) is 30.3 Å². The molecule has 1 aliphatic heterocycles. The number of ether oxygens (including phenoxy) is 2. The smallest absolute Gasteiger partial charge is 0.191 e. The number of benzene rings is 2. The lowest BCUT2D eigenvalue weighted by atomic mass is 9.96. The van der Waals surface area contributed by atoms with Crippen LogP contribution in [-0.2, 0) is 18.6 Å². The Bertz CT molecular complexity index is 900. The summed E-state index contributed by atoms with van der Waals surface area (Å²) in [6.07, 6.45) is 0.990. The summed E-state index contributed by atoms with van der Waals surface area (Å²) in [7, 11) is 3.35. The molecule has 32 heavy (non-hydrogen) atoms. The Kier molecular flexibility index (Phi) is 8.36. The van der Waals surface area contributed by atoms with E-state index in [-0.39, 0.29) is 6.54 Å². The van der Waals surface area contributed by atoms with Crippen molar-refractivity contribution in [2.24, 2.45) is 4.99 Å². The molecule has 2 aromatic rings. The van der Waals surface area contributed by atoms with Gasteiger partial charge in [-0.15, -0.1) is 0 Å². The molecule has 0 saturated heterocycles. The Labute approximate surface area is 191 Å². The van der Waals surface area contributed by atoms with Crippen molar-refractivity contribution in [2.75, 3.05) is 46.9 Å². The Morgan fingerprint density at radius 1 is 1.09 bits per heavy atom. The van der Waals surface area contributed by atoms with Crippen molar-refractivity contribution in [2.45, 2.75) is 32.4 Å². The fourth-order valence-corrected chi connectivity index (χ4v) is 3.93. The standard InChI is InChI=1S/C25H36N4O3/c1-5-26-24(28-18-25(2,30)21-9-7-6-8-10-21)27-12-14-29-13-11-19-15-22(31-3)23(32-4)16-20(19)17-29/h6-10,15-16,30H,5,11-14,17-18H2,1-4H3,(H2,26,27,28). The van der Waals surface area contributed by atoms with Crippen LogP contribution in [0.5, 0.6) is 11.5 Å². The Balaban J connectivity index is 1.55. The summed E-state index contributed by atoms with van der Waals surface area (Å²) in [4.78, 5) is 7.04. The van der Waals surface area contributed by atoms with Crippen LogP contribution in [0.1, 0.15) is 30.5 Å². The number of methoxy groups -OCH3 is 2. The molecule has 1 unspecified atom stereocenters. The summed E-state index contributed by atoms with van der Waals surface area (Å²) in [6, 6.07) is 13.8. The number of hydrogen-bond donors (Lipinski definition) is 3. The largest absolute Gasteiger partial charge is 0.493 e. The minimum absolute atomic E-state index is 0.283. The Hall–Kier alpha value is -2.77. The molecule has 2 aromatic carbocycles. The molecule has 174 valence electrons. The number of hydrogen-bond acceptors (Lipinski definition) is 5. The van der Waals surface area contributed by atoms with E-state index in [1.54, 1.807) is 21.1 Å². The van der Waals surface area contributed by atoms with Crippen LogP contribution in [0.15, 0.2) is 47.5 Å². The third-order valence-corrected chi connectivity index (χ3v) is 5.80. The van der Waals surface area contributed by atoms with E-state index in [2.05, 4.69) is 32.7 Å². The fraction of sp³-hybridized carbons (Fsp3) is 0.480. The zero-order valence-electron chi connectivity index (χ0n) is 19.6. The second kappa shape index (κ2) is 11.2. The van der Waals surface area contributed by atoms with E-state index in [1.807, 2.05) is 37.3 Å². The Morgan fingerprint density at radius 3 is 2.44 bits per heavy atom. The predicted octanol–water partition coefficient (Wildman–Crippen LogP) is 2.52. The van der Waals surface area contributed by atoms with Gasteiger partial charge in [0.2, 0.25) is 0 Å². The van der Waals surface area contributed by atoms with Crippen molar-refractivity contribution in [3.8, 4) is 11.5 Å². The summed E-state index contributed by atoms with van der Waals surface area (Å²) in [5, 5.41) is 17.5. The molecule has 0 saturated carbocycles. The topological polar surface area (TPSA) is 78.4 Å². The highest BCUT2D eigenvalue weighted by molar-refractivity contribution is 5.79. The molecule has 0 bridgehead atoms. The Morgan fingerprint density at radius 2 is 1.78 bits per heavy atom. The van der Waals surface area contributed by atoms with Crippen molar-refractivity contribution in [1.29, 1.82) is 0 Å². The lowest BCUT2D eigenvalue weighted by molar-refractivity contribution is 0.0672. The molecule has 7 nitrogen and oxygen atoms in total. The van der Waals surface area contributed by atoms with Crippen molar-refractivity contribution in [1.82, 2.24) is 15.5 Å². The summed E-state index contributed by atoms with van der Waals surface area (Å²) >= 11 is 0. The normalized spacial score (nSPS) is 16.1. The van der Waals surface area contributed by atoms with E-state index in [9.17, 15) is 5.11 Å². The third kappa shape index (κ3) is 6.14. The van der Waals surface area contributed by atoms with Gasteiger partial charge in [0.15, 0.2) is 17.5 Å². The van der Waals surface area contributed by atoms with E-state index >= 15 is 0 Å². The lowest BCUT2D eigenvalue weighted by Gasteiger charge is -2.29. The molecule has 0 spiro atoms. The number of nitrogens with zero attached hydrogens (tertiary/aromatic N) is 2. The van der Waals surface area contributed by atoms with Gasteiger partial charge in [-0.3, -0.25) is 4.90 Å². The molecular formula is C25H36N4O3. The van der Waals surface area contributed by atoms with Crippen LogP contribution in [0.2, 0.25) is 0 Å². The maximum absolute atomic E-state index is 10.8. The van der Waals surface area contributed by atoms with Crippen LogP contribution in [0.4, 0.5) is 0 Å². The number of rotatable bonds is 9. The lowest BCUT2D eigenvalue weighted by Crippen LogP contribution is -2.43. The van der Waals surface area contributed by atoms with Gasteiger partial charge in [-0.05, 0) is 49.1 Å². The summed E-state index contributed by atoms with van der Waals surface area (Å²) in [5.41, 5.74) is 2.46. The minimum Gasteiger partial charge on any atom is -0.493 e. The van der Waals surface area contributed by atoms with Gasteiger partial charge in [0, 0.05) is 32.7 Å². The monoisotopic (exact) mass is 440 g/mol. The van der Waals surface area contributed by atoms with Gasteiger partial charge in [-0.25, -0.2) is 4.99 Å². The van der Waals surface area contributed by atoms with Crippen LogP contribution in [0, 0.1) is 0 Å². The molecular weight excluding hydrogens is 404 g/mol. The van der Waals surface area contributed by atoms with Crippen LogP contribution in [-0.4, -0.2) is 62.9 Å². The van der Waals surface area contributed by atoms with Gasteiger partial charge in [0.25, 0.3) is 0 Å². The molecule has 1 aliphatic rings. The van der Waals surface area contributed by atoms with E-state index in [4.69, 9.17) is 9.47 Å². The second-order valence-electron chi connectivity index (χ2n) is 8.26. The van der Waals surface area contributed by atoms with Gasteiger partial charge in [-0.2, -0.15) is 0 Å². The van der Waals surface area contributed by atoms with E-state index in [0.717, 1.165) is 56.2 Å². The quantitative estimate of drug-likeness (QED) is 0.411. The van der Waals surface area contributed by atoms with Gasteiger partial charge in [0.1, 0.15) is 5.60 Å². The minimum atomic E-state index is -1.01. The average Bonchev–Trinajstić information content (AvgIpc) is 2.82. The summed E-state index contributed by atoms with van der Waals surface area (Å²) < 4.78 is 10.9. The fourth-order valence-electron chi connectivity index (χ4n) is 3.93. The summed E-state index contributed by atoms with van der Waals surface area (Å²) in [6.45, 7) is 8.42. The maximum Gasteiger partial charge on any atom is 0.191 e. The molecule has 1 atom stereocenters. The SMILES string of the molecule is CCNC(=NCC(C)(O)c1ccccc1)NCCN1CCc2cc(OC)c(OC)cc2C1. The number of nitrogens with one attached hydrogen (secondary N) is 2. The molecule has 0 aliphatic carbocycles. The van der Waals surface area contributed by atoms with Crippen LogP contribution < -0.4 is 20.1 Å². The van der Waals surface area contributed by atoms with Crippen molar-refractivity contribution < 1.29 is 14.6 Å². The molecule has 0 radical (unpaired) electrons. The molecule has 1 heterocycles. The van der Waals surface area contributed by atoms with Crippen molar-refractivity contribution >= 4 is 5.96 Å². The molecule has 0 amide bonds. The van der Waals surface area contributed by atoms with E-state index in [1.165, 1.54) is 11.1 Å². The van der Waals surface area contributed by atoms with Crippen LogP contribution in [0.3, 0.4) is 0 Å². The average molecular weight is 441 g/mol. The van der Waals surface area contributed by atoms with Crippen molar-refractivity contribution in [3.05, 3.63) is 59.2 Å². The predicted molar refractivity (Wildman–Crippen MR) is 129 cm³/mol. The number of fused-ring (bicyclic) bond motifs is 1. The first-order chi connectivity index (χ1) is 15.5. The molecule has 3 N–H and O–H groups in total. The highest BCUT2D eigenvalue weighted by atomic mass is 16.5. The maximum atomic E-state index is 10.8. The first-order valence-corrected chi connectivity index (χ1v) is 11.2. The zero-order chi connectivity index (χ0) is 23.0. The first kappa shape index (κ1) is 23.9. The first-order valence-electron chi connectivity index (χ1n) is 11.2. The molecule has 3 rings (SSSR count). The van der Waals surface area contributed by atoms with Gasteiger partial charge >= 0.3 is 0 Å². The second-order valence-corrected chi connectivity index (χ2v) is 8.26. The van der Waals surface area contributed by atoms with E-state index in [0.29, 0.717) is 5.96 Å². The van der Waals surface area contributed by atoms with Crippen LogP contribution >= 0.6 is 0 Å². The highest BCUT2D eigenvalue weighted by Crippen LogP contribution is 2.33. The number of aliphatic hydroxyl groups is 1. The number of guanidine groups is 1. The molecule has 0 fully saturated rings. The zero-order valence-corrected chi connectivity index (χ0v) is 19.6. The van der Waals surface area contributed by atoms with Crippen molar-refractivity contribution in [3.63, 3.8) is 0 Å². The molecule has 0 aromatic heterocycles. The van der Waals surface area contributed by atoms with E-state index < -0.39 is 5.60 Å². The van der Waals surface area contributed by atoms with Gasteiger partial charge < -0.3 is 25.2 Å².